The van der Waals surface area contributed by atoms with Gasteiger partial charge in [-0.15, -0.1) is 0 Å². The van der Waals surface area contributed by atoms with E-state index in [9.17, 15) is 10.1 Å². The van der Waals surface area contributed by atoms with Gasteiger partial charge in [-0.2, -0.15) is 9.78 Å². The molecule has 0 unspecified atom stereocenters. The third-order valence-electron chi connectivity index (χ3n) is 1.98. The topological polar surface area (TPSA) is 78.8 Å². The quantitative estimate of drug-likeness (QED) is 0.630. The van der Waals surface area contributed by atoms with Crippen LogP contribution in [0.2, 0.25) is 0 Å². The summed E-state index contributed by atoms with van der Waals surface area (Å²) in [6.45, 7) is 0.459. The Labute approximate surface area is 99.0 Å². The number of aromatic nitrogens is 4. The number of nitro groups is 1. The van der Waals surface area contributed by atoms with Crippen LogP contribution in [0, 0.1) is 10.1 Å². The number of rotatable bonds is 3. The molecule has 8 heteroatoms. The maximum Gasteiger partial charge on any atom is 0.404 e. The fourth-order valence-corrected chi connectivity index (χ4v) is 1.79. The van der Waals surface area contributed by atoms with Gasteiger partial charge in [-0.1, -0.05) is 0 Å². The van der Waals surface area contributed by atoms with Gasteiger partial charge in [0, 0.05) is 18.8 Å². The lowest BCUT2D eigenvalue weighted by Gasteiger charge is -1.91. The van der Waals surface area contributed by atoms with E-state index in [4.69, 9.17) is 0 Å². The monoisotopic (exact) mass is 285 g/mol. The molecule has 0 radical (unpaired) electrons. The van der Waals surface area contributed by atoms with Crippen LogP contribution in [0.4, 0.5) is 5.82 Å². The van der Waals surface area contributed by atoms with Gasteiger partial charge in [0.25, 0.3) is 0 Å². The number of aryl methyl sites for hydroxylation is 1. The zero-order chi connectivity index (χ0) is 11.7. The van der Waals surface area contributed by atoms with Crippen molar-refractivity contribution in [3.63, 3.8) is 0 Å². The summed E-state index contributed by atoms with van der Waals surface area (Å²) in [7, 11) is 1.81. The van der Waals surface area contributed by atoms with Crippen molar-refractivity contribution < 1.29 is 4.92 Å². The highest BCUT2D eigenvalue weighted by Crippen LogP contribution is 2.22. The van der Waals surface area contributed by atoms with Crippen LogP contribution in [-0.2, 0) is 13.6 Å². The van der Waals surface area contributed by atoms with Crippen molar-refractivity contribution in [1.29, 1.82) is 0 Å². The maximum absolute atomic E-state index is 10.6. The molecule has 0 aromatic carbocycles. The van der Waals surface area contributed by atoms with Gasteiger partial charge >= 0.3 is 5.82 Å². The first-order valence-corrected chi connectivity index (χ1v) is 5.20. The summed E-state index contributed by atoms with van der Waals surface area (Å²) in [5.41, 5.74) is 0.937. The van der Waals surface area contributed by atoms with Gasteiger partial charge in [0.1, 0.15) is 4.47 Å². The highest BCUT2D eigenvalue weighted by Gasteiger charge is 2.18. The van der Waals surface area contributed by atoms with Gasteiger partial charge in [0.05, 0.1) is 24.0 Å². The lowest BCUT2D eigenvalue weighted by atomic mass is 10.4. The Morgan fingerprint density at radius 3 is 2.81 bits per heavy atom. The number of hydrogen-bond acceptors (Lipinski definition) is 4. The second kappa shape index (κ2) is 4.05. The molecule has 2 aromatic rings. The van der Waals surface area contributed by atoms with Crippen LogP contribution in [0.3, 0.4) is 0 Å². The molecule has 0 saturated heterocycles. The second-order valence-corrected chi connectivity index (χ2v) is 4.13. The fourth-order valence-electron chi connectivity index (χ4n) is 1.33. The molecule has 2 aromatic heterocycles. The first kappa shape index (κ1) is 10.8. The zero-order valence-corrected chi connectivity index (χ0v) is 9.96. The molecule has 0 fully saturated rings. The van der Waals surface area contributed by atoms with Crippen molar-refractivity contribution in [2.24, 2.45) is 7.05 Å². The molecule has 0 aliphatic carbocycles. The Hall–Kier alpha value is -1.70. The van der Waals surface area contributed by atoms with E-state index >= 15 is 0 Å². The van der Waals surface area contributed by atoms with Crippen molar-refractivity contribution in [1.82, 2.24) is 19.6 Å². The standard InChI is InChI=1S/C8H8BrN5O2/c1-12-3-6(2-10-12)4-13-5-7(9)8(11-13)14(15)16/h2-3,5H,4H2,1H3. The normalized spacial score (nSPS) is 10.6. The predicted molar refractivity (Wildman–Crippen MR) is 58.9 cm³/mol. The average Bonchev–Trinajstić information content (AvgIpc) is 2.73. The summed E-state index contributed by atoms with van der Waals surface area (Å²) < 4.78 is 3.54. The summed E-state index contributed by atoms with van der Waals surface area (Å²) in [5.74, 6) is -0.177. The second-order valence-electron chi connectivity index (χ2n) is 3.28. The lowest BCUT2D eigenvalue weighted by Crippen LogP contribution is -2.00. The Morgan fingerprint density at radius 1 is 1.56 bits per heavy atom. The van der Waals surface area contributed by atoms with Crippen LogP contribution >= 0.6 is 15.9 Å². The van der Waals surface area contributed by atoms with Crippen molar-refractivity contribution >= 4 is 21.7 Å². The molecule has 0 spiro atoms. The molecule has 0 bridgehead atoms. The molecule has 0 saturated carbocycles. The van der Waals surface area contributed by atoms with E-state index in [2.05, 4.69) is 26.1 Å². The molecule has 84 valence electrons. The Balaban J connectivity index is 2.22. The molecule has 0 N–H and O–H groups in total. The van der Waals surface area contributed by atoms with Crippen molar-refractivity contribution in [3.8, 4) is 0 Å². The van der Waals surface area contributed by atoms with Gasteiger partial charge in [-0.3, -0.25) is 4.68 Å². The molecule has 2 rings (SSSR count). The molecule has 0 aliphatic rings. The first-order valence-electron chi connectivity index (χ1n) is 4.41. The van der Waals surface area contributed by atoms with Crippen LogP contribution in [0.5, 0.6) is 0 Å². The number of hydrogen-bond donors (Lipinski definition) is 0. The zero-order valence-electron chi connectivity index (χ0n) is 8.37. The van der Waals surface area contributed by atoms with Gasteiger partial charge in [-0.25, -0.2) is 0 Å². The van der Waals surface area contributed by atoms with Gasteiger partial charge < -0.3 is 10.1 Å². The number of nitrogens with zero attached hydrogens (tertiary/aromatic N) is 5. The summed E-state index contributed by atoms with van der Waals surface area (Å²) in [6, 6.07) is 0. The van der Waals surface area contributed by atoms with E-state index in [0.717, 1.165) is 5.56 Å². The van der Waals surface area contributed by atoms with Gasteiger partial charge in [0.15, 0.2) is 0 Å². The van der Waals surface area contributed by atoms with Gasteiger partial charge in [-0.05, 0) is 20.9 Å². The predicted octanol–water partition coefficient (Wildman–Crippen LogP) is 1.34. The van der Waals surface area contributed by atoms with Crippen LogP contribution in [0.15, 0.2) is 23.1 Å². The molecule has 16 heavy (non-hydrogen) atoms. The molecular weight excluding hydrogens is 278 g/mol. The van der Waals surface area contributed by atoms with E-state index < -0.39 is 4.92 Å². The first-order chi connectivity index (χ1) is 7.56. The van der Waals surface area contributed by atoms with Gasteiger partial charge in [0.2, 0.25) is 0 Å². The summed E-state index contributed by atoms with van der Waals surface area (Å²) in [4.78, 5) is 10.1. The molecule has 2 heterocycles. The third kappa shape index (κ3) is 2.11. The molecule has 7 nitrogen and oxygen atoms in total. The van der Waals surface area contributed by atoms with E-state index in [1.165, 1.54) is 4.68 Å². The Kier molecular flexibility index (Phi) is 2.73. The Bertz CT molecular complexity index is 532. The van der Waals surface area contributed by atoms with E-state index in [0.29, 0.717) is 11.0 Å². The SMILES string of the molecule is Cn1cc(Cn2cc(Br)c([N+](=O)[O-])n2)cn1. The third-order valence-corrected chi connectivity index (χ3v) is 2.53. The maximum atomic E-state index is 10.6. The molecule has 0 aliphatic heterocycles. The highest BCUT2D eigenvalue weighted by molar-refractivity contribution is 9.10. The highest BCUT2D eigenvalue weighted by atomic mass is 79.9. The minimum Gasteiger partial charge on any atom is -0.358 e. The van der Waals surface area contributed by atoms with Crippen LogP contribution in [-0.4, -0.2) is 24.5 Å². The summed E-state index contributed by atoms with van der Waals surface area (Å²) in [6.07, 6.45) is 5.11. The van der Waals surface area contributed by atoms with Crippen molar-refractivity contribution in [2.45, 2.75) is 6.54 Å². The average molecular weight is 286 g/mol. The summed E-state index contributed by atoms with van der Waals surface area (Å²) in [5, 5.41) is 18.4. The van der Waals surface area contributed by atoms with Crippen LogP contribution in [0.25, 0.3) is 0 Å². The van der Waals surface area contributed by atoms with E-state index in [1.54, 1.807) is 17.1 Å². The minimum atomic E-state index is -0.524. The van der Waals surface area contributed by atoms with Crippen molar-refractivity contribution in [3.05, 3.63) is 38.7 Å². The smallest absolute Gasteiger partial charge is 0.358 e. The van der Waals surface area contributed by atoms with Crippen molar-refractivity contribution in [2.75, 3.05) is 0 Å². The number of halogens is 1. The Morgan fingerprint density at radius 2 is 2.31 bits per heavy atom. The minimum absolute atomic E-state index is 0.177. The van der Waals surface area contributed by atoms with Crippen LogP contribution in [0.1, 0.15) is 5.56 Å². The molecular formula is C8H8BrN5O2. The summed E-state index contributed by atoms with van der Waals surface area (Å²) >= 11 is 3.09. The lowest BCUT2D eigenvalue weighted by molar-refractivity contribution is -0.390. The fraction of sp³-hybridized carbons (Fsp3) is 0.250. The largest absolute Gasteiger partial charge is 0.404 e. The van der Waals surface area contributed by atoms with E-state index in [-0.39, 0.29) is 5.82 Å². The van der Waals surface area contributed by atoms with E-state index in [1.807, 2.05) is 13.2 Å². The molecule has 0 amide bonds. The molecule has 0 atom stereocenters. The van der Waals surface area contributed by atoms with Crippen LogP contribution < -0.4 is 0 Å².